The van der Waals surface area contributed by atoms with Gasteiger partial charge in [0.1, 0.15) is 11.9 Å². The van der Waals surface area contributed by atoms with Gasteiger partial charge in [0.05, 0.1) is 5.69 Å². The Kier molecular flexibility index (Phi) is 4.23. The van der Waals surface area contributed by atoms with Crippen molar-refractivity contribution in [1.29, 1.82) is 0 Å². The van der Waals surface area contributed by atoms with Crippen LogP contribution in [0.2, 0.25) is 0 Å². The number of aromatic amines is 1. The number of ether oxygens (including phenoxy) is 1. The molecule has 1 unspecified atom stereocenters. The van der Waals surface area contributed by atoms with Crippen LogP contribution in [0, 0.1) is 0 Å². The summed E-state index contributed by atoms with van der Waals surface area (Å²) in [6.45, 7) is 4.71. The number of thioether (sulfide) groups is 1. The van der Waals surface area contributed by atoms with Crippen LogP contribution < -0.4 is 5.56 Å². The predicted octanol–water partition coefficient (Wildman–Crippen LogP) is 2.39. The Morgan fingerprint density at radius 2 is 2.29 bits per heavy atom. The lowest BCUT2D eigenvalue weighted by Gasteiger charge is -2.15. The van der Waals surface area contributed by atoms with Gasteiger partial charge in [0.25, 0.3) is 5.56 Å². The van der Waals surface area contributed by atoms with Crippen molar-refractivity contribution in [2.45, 2.75) is 44.3 Å². The zero-order valence-electron chi connectivity index (χ0n) is 10.3. The molecule has 0 aromatic carbocycles. The Labute approximate surface area is 105 Å². The summed E-state index contributed by atoms with van der Waals surface area (Å²) < 4.78 is 5.64. The monoisotopic (exact) mass is 254 g/mol. The third-order valence-electron chi connectivity index (χ3n) is 2.83. The lowest BCUT2D eigenvalue weighted by molar-refractivity contribution is 0.0490. The molecule has 1 aliphatic rings. The highest BCUT2D eigenvalue weighted by Gasteiger charge is 2.21. The van der Waals surface area contributed by atoms with E-state index in [1.807, 2.05) is 6.92 Å². The fraction of sp³-hybridized carbons (Fsp3) is 0.667. The van der Waals surface area contributed by atoms with Gasteiger partial charge in [-0.1, -0.05) is 13.3 Å². The molecule has 2 rings (SSSR count). The second-order valence-corrected chi connectivity index (χ2v) is 5.09. The van der Waals surface area contributed by atoms with Crippen molar-refractivity contribution in [3.8, 4) is 0 Å². The molecule has 4 nitrogen and oxygen atoms in total. The summed E-state index contributed by atoms with van der Waals surface area (Å²) >= 11 is 1.74. The minimum atomic E-state index is -0.0754. The van der Waals surface area contributed by atoms with E-state index >= 15 is 0 Å². The lowest BCUT2D eigenvalue weighted by atomic mass is 10.2. The average Bonchev–Trinajstić information content (AvgIpc) is 2.77. The Balaban J connectivity index is 2.31. The van der Waals surface area contributed by atoms with Gasteiger partial charge < -0.3 is 9.72 Å². The summed E-state index contributed by atoms with van der Waals surface area (Å²) in [5.41, 5.74) is 1.79. The first-order valence-electron chi connectivity index (χ1n) is 6.07. The van der Waals surface area contributed by atoms with Crippen molar-refractivity contribution in [3.63, 3.8) is 0 Å². The van der Waals surface area contributed by atoms with Gasteiger partial charge in [0.15, 0.2) is 0 Å². The number of rotatable bonds is 5. The van der Waals surface area contributed by atoms with Crippen molar-refractivity contribution in [1.82, 2.24) is 9.97 Å². The molecule has 1 aliphatic heterocycles. The fourth-order valence-electron chi connectivity index (χ4n) is 2.00. The molecular weight excluding hydrogens is 236 g/mol. The molecule has 0 saturated heterocycles. The van der Waals surface area contributed by atoms with E-state index in [4.69, 9.17) is 4.74 Å². The van der Waals surface area contributed by atoms with Gasteiger partial charge in [0, 0.05) is 23.7 Å². The maximum atomic E-state index is 11.9. The van der Waals surface area contributed by atoms with Crippen LogP contribution in [0.3, 0.4) is 0 Å². The number of hydrogen-bond acceptors (Lipinski definition) is 4. The standard InChI is InChI=1S/C12H18N2O2S/c1-3-5-10(16-4-2)11-13-9-7-17-6-8(9)12(15)14-11/h10H,3-7H2,1-2H3,(H,13,14,15). The molecule has 1 aromatic heterocycles. The second-order valence-electron chi connectivity index (χ2n) is 4.10. The zero-order valence-corrected chi connectivity index (χ0v) is 11.1. The predicted molar refractivity (Wildman–Crippen MR) is 69.1 cm³/mol. The van der Waals surface area contributed by atoms with Gasteiger partial charge in [-0.2, -0.15) is 11.8 Å². The summed E-state index contributed by atoms with van der Waals surface area (Å²) in [4.78, 5) is 19.3. The maximum Gasteiger partial charge on any atom is 0.255 e. The first kappa shape index (κ1) is 12.6. The smallest absolute Gasteiger partial charge is 0.255 e. The SMILES string of the molecule is CCCC(OCC)c1nc2c(c(=O)[nH]1)CSC2. The number of nitrogens with zero attached hydrogens (tertiary/aromatic N) is 1. The Morgan fingerprint density at radius 3 is 3.00 bits per heavy atom. The summed E-state index contributed by atoms with van der Waals surface area (Å²) in [5.74, 6) is 2.32. The van der Waals surface area contributed by atoms with Crippen molar-refractivity contribution >= 4 is 11.8 Å². The van der Waals surface area contributed by atoms with E-state index in [0.717, 1.165) is 35.6 Å². The minimum Gasteiger partial charge on any atom is -0.371 e. The summed E-state index contributed by atoms with van der Waals surface area (Å²) in [5, 5.41) is 0. The van der Waals surface area contributed by atoms with Gasteiger partial charge in [-0.05, 0) is 13.3 Å². The van der Waals surface area contributed by atoms with Crippen LogP contribution in [-0.4, -0.2) is 16.6 Å². The van der Waals surface area contributed by atoms with Crippen LogP contribution >= 0.6 is 11.8 Å². The van der Waals surface area contributed by atoms with Crippen LogP contribution in [0.5, 0.6) is 0 Å². The molecule has 0 radical (unpaired) electrons. The molecule has 0 saturated carbocycles. The van der Waals surface area contributed by atoms with Crippen LogP contribution in [0.15, 0.2) is 4.79 Å². The average molecular weight is 254 g/mol. The molecule has 1 atom stereocenters. The first-order valence-corrected chi connectivity index (χ1v) is 7.23. The van der Waals surface area contributed by atoms with E-state index in [-0.39, 0.29) is 11.7 Å². The van der Waals surface area contributed by atoms with Crippen LogP contribution in [0.1, 0.15) is 49.9 Å². The Morgan fingerprint density at radius 1 is 1.47 bits per heavy atom. The van der Waals surface area contributed by atoms with Crippen molar-refractivity contribution in [2.24, 2.45) is 0 Å². The highest BCUT2D eigenvalue weighted by Crippen LogP contribution is 2.27. The van der Waals surface area contributed by atoms with Crippen LogP contribution in [-0.2, 0) is 16.2 Å². The summed E-state index contributed by atoms with van der Waals surface area (Å²) in [6, 6.07) is 0. The van der Waals surface area contributed by atoms with E-state index in [0.29, 0.717) is 12.4 Å². The normalized spacial score (nSPS) is 15.9. The number of nitrogens with one attached hydrogen (secondary N) is 1. The molecule has 0 spiro atoms. The molecule has 1 aromatic rings. The third-order valence-corrected chi connectivity index (χ3v) is 3.80. The largest absolute Gasteiger partial charge is 0.371 e. The number of fused-ring (bicyclic) bond motifs is 1. The zero-order chi connectivity index (χ0) is 12.3. The van der Waals surface area contributed by atoms with E-state index in [9.17, 15) is 4.79 Å². The molecular formula is C12H18N2O2S. The van der Waals surface area contributed by atoms with Crippen LogP contribution in [0.4, 0.5) is 0 Å². The molecule has 5 heteroatoms. The number of aromatic nitrogens is 2. The van der Waals surface area contributed by atoms with E-state index in [1.165, 1.54) is 0 Å². The molecule has 94 valence electrons. The van der Waals surface area contributed by atoms with Crippen molar-refractivity contribution in [2.75, 3.05) is 6.61 Å². The van der Waals surface area contributed by atoms with Gasteiger partial charge >= 0.3 is 0 Å². The molecule has 0 aliphatic carbocycles. The molecule has 0 bridgehead atoms. The topological polar surface area (TPSA) is 55.0 Å². The first-order chi connectivity index (χ1) is 8.26. The van der Waals surface area contributed by atoms with Crippen LogP contribution in [0.25, 0.3) is 0 Å². The molecule has 2 heterocycles. The van der Waals surface area contributed by atoms with E-state index in [2.05, 4.69) is 16.9 Å². The van der Waals surface area contributed by atoms with Crippen molar-refractivity contribution in [3.05, 3.63) is 27.4 Å². The second kappa shape index (κ2) is 5.69. The Bertz CT molecular complexity index is 439. The molecule has 17 heavy (non-hydrogen) atoms. The number of H-pyrrole nitrogens is 1. The summed E-state index contributed by atoms with van der Waals surface area (Å²) in [6.07, 6.45) is 1.83. The van der Waals surface area contributed by atoms with E-state index in [1.54, 1.807) is 11.8 Å². The quantitative estimate of drug-likeness (QED) is 0.876. The molecule has 0 amide bonds. The van der Waals surface area contributed by atoms with Gasteiger partial charge in [0.2, 0.25) is 0 Å². The highest BCUT2D eigenvalue weighted by molar-refractivity contribution is 7.98. The highest BCUT2D eigenvalue weighted by atomic mass is 32.2. The van der Waals surface area contributed by atoms with Gasteiger partial charge in [-0.3, -0.25) is 4.79 Å². The van der Waals surface area contributed by atoms with Gasteiger partial charge in [-0.25, -0.2) is 4.98 Å². The fourth-order valence-corrected chi connectivity index (χ4v) is 3.03. The number of hydrogen-bond donors (Lipinski definition) is 1. The third kappa shape index (κ3) is 2.72. The van der Waals surface area contributed by atoms with Crippen molar-refractivity contribution < 1.29 is 4.74 Å². The summed E-state index contributed by atoms with van der Waals surface area (Å²) in [7, 11) is 0. The molecule has 1 N–H and O–H groups in total. The lowest BCUT2D eigenvalue weighted by Crippen LogP contribution is -2.20. The minimum absolute atomic E-state index is 0.0100. The maximum absolute atomic E-state index is 11.9. The molecule has 0 fully saturated rings. The van der Waals surface area contributed by atoms with Gasteiger partial charge in [-0.15, -0.1) is 0 Å². The Hall–Kier alpha value is -0.810. The van der Waals surface area contributed by atoms with E-state index < -0.39 is 0 Å².